The molecule has 22 heteroatoms. The molecule has 1 aromatic rings. The molecule has 6 atom stereocenters. The summed E-state index contributed by atoms with van der Waals surface area (Å²) in [5, 5.41) is 22.1. The van der Waals surface area contributed by atoms with Crippen LogP contribution >= 0.6 is 23.5 Å². The van der Waals surface area contributed by atoms with Crippen LogP contribution in [-0.4, -0.2) is 70.2 Å². The maximum atomic E-state index is 15.3. The number of aliphatic hydroxyl groups excluding tert-OH is 2. The monoisotopic (exact) mass is 543 g/mol. The molecule has 1 amide bonds. The van der Waals surface area contributed by atoms with Crippen molar-refractivity contribution in [1.82, 2.24) is 9.55 Å². The molecule has 0 aliphatic carbocycles. The van der Waals surface area contributed by atoms with E-state index < -0.39 is 66.0 Å². The second-order valence-electron chi connectivity index (χ2n) is 6.23. The number of amides is 1. The van der Waals surface area contributed by atoms with E-state index in [1.54, 1.807) is 0 Å². The number of aromatic nitrogens is 2. The van der Waals surface area contributed by atoms with Crippen LogP contribution in [0, 0.1) is 0 Å². The van der Waals surface area contributed by atoms with Gasteiger partial charge in [0.1, 0.15) is 18.0 Å². The van der Waals surface area contributed by atoms with Gasteiger partial charge in [-0.3, -0.25) is 9.32 Å². The fourth-order valence-electron chi connectivity index (χ4n) is 2.45. The van der Waals surface area contributed by atoms with E-state index in [1.165, 1.54) is 0 Å². The Labute approximate surface area is 182 Å². The molecule has 0 saturated carbocycles. The lowest BCUT2D eigenvalue weighted by Crippen LogP contribution is -2.47. The SMILES string of the molecule is CC(=O)Nc1ccn([C@]2(F)O[C@H](COP(=O)(O)OP(=O)(O)OP(=O)(O)O)[C@@H](O)[C@H]2O)c(=O)n1. The largest absolute Gasteiger partial charge is 0.490 e. The Morgan fingerprint density at radius 1 is 1.24 bits per heavy atom. The van der Waals surface area contributed by atoms with E-state index in [1.807, 2.05) is 0 Å². The molecule has 1 saturated heterocycles. The molecule has 33 heavy (non-hydrogen) atoms. The van der Waals surface area contributed by atoms with Gasteiger partial charge in [0.25, 0.3) is 0 Å². The van der Waals surface area contributed by atoms with Crippen LogP contribution in [0.2, 0.25) is 0 Å². The Balaban J connectivity index is 2.15. The third-order valence-corrected chi connectivity index (χ3v) is 7.44. The first-order chi connectivity index (χ1) is 14.9. The van der Waals surface area contributed by atoms with Crippen molar-refractivity contribution in [2.24, 2.45) is 0 Å². The maximum Gasteiger partial charge on any atom is 0.490 e. The van der Waals surface area contributed by atoms with Gasteiger partial charge in [-0.1, -0.05) is 0 Å². The molecule has 18 nitrogen and oxygen atoms in total. The molecule has 0 spiro atoms. The highest BCUT2D eigenvalue weighted by atomic mass is 31.3. The van der Waals surface area contributed by atoms with E-state index in [4.69, 9.17) is 19.4 Å². The van der Waals surface area contributed by atoms with Crippen molar-refractivity contribution in [3.8, 4) is 0 Å². The first-order valence-corrected chi connectivity index (χ1v) is 12.8. The summed E-state index contributed by atoms with van der Waals surface area (Å²) >= 11 is 0. The van der Waals surface area contributed by atoms with Crippen molar-refractivity contribution >= 4 is 35.2 Å². The zero-order valence-corrected chi connectivity index (χ0v) is 18.7. The smallest absolute Gasteiger partial charge is 0.387 e. The van der Waals surface area contributed by atoms with Crippen LogP contribution in [0.15, 0.2) is 17.1 Å². The predicted molar refractivity (Wildman–Crippen MR) is 98.6 cm³/mol. The highest BCUT2D eigenvalue weighted by Gasteiger charge is 2.58. The van der Waals surface area contributed by atoms with Gasteiger partial charge in [-0.25, -0.2) is 23.1 Å². The molecule has 1 fully saturated rings. The van der Waals surface area contributed by atoms with Crippen LogP contribution < -0.4 is 11.0 Å². The Bertz CT molecular complexity index is 1110. The van der Waals surface area contributed by atoms with Crippen molar-refractivity contribution in [2.45, 2.75) is 31.2 Å². The predicted octanol–water partition coefficient (Wildman–Crippen LogP) is -1.75. The Morgan fingerprint density at radius 2 is 1.85 bits per heavy atom. The van der Waals surface area contributed by atoms with Gasteiger partial charge in [0.05, 0.1) is 6.61 Å². The summed E-state index contributed by atoms with van der Waals surface area (Å²) in [6.45, 7) is -0.202. The number of anilines is 1. The van der Waals surface area contributed by atoms with Gasteiger partial charge in [0.2, 0.25) is 5.91 Å². The van der Waals surface area contributed by atoms with Crippen molar-refractivity contribution < 1.29 is 70.5 Å². The zero-order valence-electron chi connectivity index (χ0n) is 16.1. The van der Waals surface area contributed by atoms with Gasteiger partial charge < -0.3 is 39.8 Å². The lowest BCUT2D eigenvalue weighted by Gasteiger charge is -2.25. The van der Waals surface area contributed by atoms with Crippen molar-refractivity contribution in [1.29, 1.82) is 0 Å². The van der Waals surface area contributed by atoms with E-state index in [9.17, 15) is 38.4 Å². The van der Waals surface area contributed by atoms with Gasteiger partial charge in [-0.2, -0.15) is 18.0 Å². The molecule has 2 rings (SSSR count). The summed E-state index contributed by atoms with van der Waals surface area (Å²) in [7, 11) is -17.1. The fourth-order valence-corrected chi connectivity index (χ4v) is 5.48. The molecule has 0 radical (unpaired) electrons. The van der Waals surface area contributed by atoms with Gasteiger partial charge in [-0.15, -0.1) is 0 Å². The molecule has 0 aromatic carbocycles. The normalized spacial score (nSPS) is 29.3. The number of halogens is 1. The number of phosphoric acid groups is 3. The van der Waals surface area contributed by atoms with E-state index >= 15 is 4.39 Å². The van der Waals surface area contributed by atoms with E-state index in [0.717, 1.165) is 13.0 Å². The topological polar surface area (TPSA) is 273 Å². The van der Waals surface area contributed by atoms with Crippen molar-refractivity contribution in [3.05, 3.63) is 22.7 Å². The highest BCUT2D eigenvalue weighted by molar-refractivity contribution is 7.66. The molecular formula is C11H17FN3O15P3. The maximum absolute atomic E-state index is 15.3. The van der Waals surface area contributed by atoms with E-state index in [0.29, 0.717) is 6.20 Å². The molecular weight excluding hydrogens is 526 g/mol. The highest BCUT2D eigenvalue weighted by Crippen LogP contribution is 2.66. The number of phosphoric ester groups is 1. The summed E-state index contributed by atoms with van der Waals surface area (Å²) in [4.78, 5) is 61.8. The lowest BCUT2D eigenvalue weighted by atomic mass is 10.1. The molecule has 1 aliphatic rings. The quantitative estimate of drug-likeness (QED) is 0.170. The standard InChI is InChI=1S/C11H17FN3O15P3/c1-5(16)13-7-2-3-15(10(19)14-7)11(12)9(18)8(17)6(28-11)4-27-32(23,24)30-33(25,26)29-31(20,21)22/h2-3,6,8-9,17-18H,4H2,1H3,(H,23,24)(H,25,26)(H2,20,21,22)(H,13,14,16,19)/t6-,8-,9-,11+/m1/s1. The van der Waals surface area contributed by atoms with Crippen LogP contribution in [0.4, 0.5) is 10.2 Å². The number of nitrogens with one attached hydrogen (secondary N) is 1. The van der Waals surface area contributed by atoms with Crippen molar-refractivity contribution in [2.75, 3.05) is 11.9 Å². The van der Waals surface area contributed by atoms with Crippen LogP contribution in [-0.2, 0) is 42.4 Å². The number of carbonyl (C=O) groups excluding carboxylic acids is 1. The minimum atomic E-state index is -5.83. The minimum absolute atomic E-state index is 0.0943. The molecule has 2 unspecified atom stereocenters. The summed E-state index contributed by atoms with van der Waals surface area (Å²) in [5.74, 6) is -4.36. The average molecular weight is 543 g/mol. The Kier molecular flexibility index (Phi) is 8.15. The number of hydrogen-bond acceptors (Lipinski definition) is 12. The first-order valence-electron chi connectivity index (χ1n) is 8.24. The van der Waals surface area contributed by atoms with Crippen LogP contribution in [0.25, 0.3) is 0 Å². The molecule has 1 aromatic heterocycles. The third kappa shape index (κ3) is 7.27. The number of aliphatic hydroxyl groups is 2. The molecule has 188 valence electrons. The minimum Gasteiger partial charge on any atom is -0.387 e. The van der Waals surface area contributed by atoms with Gasteiger partial charge in [-0.05, 0) is 6.07 Å². The zero-order chi connectivity index (χ0) is 25.4. The molecule has 2 heterocycles. The number of hydrogen-bond donors (Lipinski definition) is 7. The first kappa shape index (κ1) is 27.8. The summed E-state index contributed by atoms with van der Waals surface area (Å²) in [5.41, 5.74) is -1.39. The molecule has 1 aliphatic heterocycles. The number of alkyl halides is 1. The fraction of sp³-hybridized carbons (Fsp3) is 0.545. The summed E-state index contributed by atoms with van der Waals surface area (Å²) in [6.07, 6.45) is -5.97. The lowest BCUT2D eigenvalue weighted by molar-refractivity contribution is -0.239. The second-order valence-corrected chi connectivity index (χ2v) is 10.7. The summed E-state index contributed by atoms with van der Waals surface area (Å²) < 4.78 is 64.8. The third-order valence-electron chi connectivity index (χ3n) is 3.64. The number of ether oxygens (including phenoxy) is 1. The molecule has 7 N–H and O–H groups in total. The van der Waals surface area contributed by atoms with Gasteiger partial charge in [0.15, 0.2) is 6.10 Å². The van der Waals surface area contributed by atoms with E-state index in [2.05, 4.69) is 23.4 Å². The number of nitrogens with zero attached hydrogens (tertiary/aromatic N) is 2. The van der Waals surface area contributed by atoms with Gasteiger partial charge in [0, 0.05) is 13.1 Å². The van der Waals surface area contributed by atoms with Crippen LogP contribution in [0.1, 0.15) is 6.92 Å². The Hall–Kier alpha value is -1.43. The Morgan fingerprint density at radius 3 is 2.36 bits per heavy atom. The molecule has 0 bridgehead atoms. The van der Waals surface area contributed by atoms with Crippen LogP contribution in [0.3, 0.4) is 0 Å². The van der Waals surface area contributed by atoms with Gasteiger partial charge >= 0.3 is 35.1 Å². The average Bonchev–Trinajstić information content (AvgIpc) is 2.81. The second kappa shape index (κ2) is 9.67. The number of carbonyl (C=O) groups is 1. The van der Waals surface area contributed by atoms with Crippen LogP contribution in [0.5, 0.6) is 0 Å². The van der Waals surface area contributed by atoms with E-state index in [-0.39, 0.29) is 10.4 Å². The summed E-state index contributed by atoms with van der Waals surface area (Å²) in [6, 6.07) is 0.950. The van der Waals surface area contributed by atoms with Crippen molar-refractivity contribution in [3.63, 3.8) is 0 Å². The number of rotatable bonds is 9.